The van der Waals surface area contributed by atoms with Gasteiger partial charge in [0, 0.05) is 10.0 Å². The molecule has 1 aromatic rings. The van der Waals surface area contributed by atoms with Gasteiger partial charge in [-0.2, -0.15) is 0 Å². The second-order valence-electron chi connectivity index (χ2n) is 5.35. The Balaban J connectivity index is 2.78. The highest BCUT2D eigenvalue weighted by Gasteiger charge is 2.15. The summed E-state index contributed by atoms with van der Waals surface area (Å²) in [6.45, 7) is 7.40. The summed E-state index contributed by atoms with van der Waals surface area (Å²) in [7, 11) is 0. The third-order valence-electron chi connectivity index (χ3n) is 2.26. The molecule has 0 spiro atoms. The minimum atomic E-state index is -0.303. The van der Waals surface area contributed by atoms with Crippen molar-refractivity contribution in [3.63, 3.8) is 0 Å². The van der Waals surface area contributed by atoms with Gasteiger partial charge in [-0.25, -0.2) is 0 Å². The number of carbonyl (C=O) groups excluding carboxylic acids is 2. The van der Waals surface area contributed by atoms with E-state index in [0.29, 0.717) is 11.3 Å². The summed E-state index contributed by atoms with van der Waals surface area (Å²) in [4.78, 5) is 22.7. The lowest BCUT2D eigenvalue weighted by molar-refractivity contribution is -0.124. The minimum Gasteiger partial charge on any atom is -0.483 e. The van der Waals surface area contributed by atoms with Gasteiger partial charge in [0.1, 0.15) is 5.75 Å². The number of nitrogens with one attached hydrogen (secondary N) is 1. The van der Waals surface area contributed by atoms with E-state index in [0.717, 1.165) is 16.3 Å². The Morgan fingerprint density at radius 2 is 2.05 bits per heavy atom. The van der Waals surface area contributed by atoms with Crippen LogP contribution >= 0.6 is 15.9 Å². The van der Waals surface area contributed by atoms with Crippen LogP contribution in [0.5, 0.6) is 5.75 Å². The lowest BCUT2D eigenvalue weighted by Crippen LogP contribution is -2.43. The predicted molar refractivity (Wildman–Crippen MR) is 77.7 cm³/mol. The standard InChI is InChI=1S/C14H18BrNO3/c1-9-5-11(15)6-10(7-17)13(9)19-8-12(18)16-14(2,3)4/h5-7H,8H2,1-4H3,(H,16,18). The molecule has 19 heavy (non-hydrogen) atoms. The van der Waals surface area contributed by atoms with Crippen LogP contribution in [0.3, 0.4) is 0 Å². The van der Waals surface area contributed by atoms with E-state index in [4.69, 9.17) is 4.74 Å². The third kappa shape index (κ3) is 5.03. The van der Waals surface area contributed by atoms with Gasteiger partial charge in [-0.1, -0.05) is 15.9 Å². The maximum Gasteiger partial charge on any atom is 0.258 e. The van der Waals surface area contributed by atoms with E-state index in [1.54, 1.807) is 6.07 Å². The molecule has 0 saturated heterocycles. The van der Waals surface area contributed by atoms with Gasteiger partial charge < -0.3 is 10.1 Å². The van der Waals surface area contributed by atoms with Crippen LogP contribution in [0, 0.1) is 6.92 Å². The first-order valence-electron chi connectivity index (χ1n) is 5.92. The third-order valence-corrected chi connectivity index (χ3v) is 2.71. The fourth-order valence-corrected chi connectivity index (χ4v) is 2.22. The van der Waals surface area contributed by atoms with Crippen molar-refractivity contribution in [1.29, 1.82) is 0 Å². The Morgan fingerprint density at radius 3 is 2.58 bits per heavy atom. The number of amides is 1. The Morgan fingerprint density at radius 1 is 1.42 bits per heavy atom. The Labute approximate surface area is 121 Å². The summed E-state index contributed by atoms with van der Waals surface area (Å²) < 4.78 is 6.26. The molecule has 104 valence electrons. The molecule has 0 saturated carbocycles. The van der Waals surface area contributed by atoms with Crippen molar-refractivity contribution in [1.82, 2.24) is 5.32 Å². The summed E-state index contributed by atoms with van der Waals surface area (Å²) in [5.41, 5.74) is 0.929. The van der Waals surface area contributed by atoms with E-state index in [9.17, 15) is 9.59 Å². The second-order valence-corrected chi connectivity index (χ2v) is 6.26. The summed E-state index contributed by atoms with van der Waals surface area (Å²) in [6, 6.07) is 3.50. The first-order chi connectivity index (χ1) is 8.73. The molecule has 4 nitrogen and oxygen atoms in total. The van der Waals surface area contributed by atoms with Crippen molar-refractivity contribution < 1.29 is 14.3 Å². The highest BCUT2D eigenvalue weighted by atomic mass is 79.9. The second kappa shape index (κ2) is 6.19. The highest BCUT2D eigenvalue weighted by molar-refractivity contribution is 9.10. The van der Waals surface area contributed by atoms with Crippen LogP contribution in [-0.4, -0.2) is 24.3 Å². The van der Waals surface area contributed by atoms with Gasteiger partial charge in [0.2, 0.25) is 0 Å². The number of hydrogen-bond donors (Lipinski definition) is 1. The molecule has 0 aliphatic rings. The van der Waals surface area contributed by atoms with Crippen LogP contribution in [0.2, 0.25) is 0 Å². The zero-order valence-electron chi connectivity index (χ0n) is 11.5. The lowest BCUT2D eigenvalue weighted by Gasteiger charge is -2.21. The summed E-state index contributed by atoms with van der Waals surface area (Å²) in [6.07, 6.45) is 0.717. The fourth-order valence-electron chi connectivity index (χ4n) is 1.63. The molecule has 1 N–H and O–H groups in total. The molecule has 1 aromatic carbocycles. The number of aryl methyl sites for hydroxylation is 1. The van der Waals surface area contributed by atoms with E-state index >= 15 is 0 Å². The maximum atomic E-state index is 11.7. The molecule has 1 rings (SSSR count). The lowest BCUT2D eigenvalue weighted by atomic mass is 10.1. The number of aldehydes is 1. The van der Waals surface area contributed by atoms with Crippen molar-refractivity contribution in [2.24, 2.45) is 0 Å². The fraction of sp³-hybridized carbons (Fsp3) is 0.429. The van der Waals surface area contributed by atoms with E-state index in [2.05, 4.69) is 21.2 Å². The maximum absolute atomic E-state index is 11.7. The zero-order chi connectivity index (χ0) is 14.6. The average molecular weight is 328 g/mol. The monoisotopic (exact) mass is 327 g/mol. The van der Waals surface area contributed by atoms with Crippen LogP contribution < -0.4 is 10.1 Å². The Kier molecular flexibility index (Phi) is 5.11. The molecule has 0 aliphatic carbocycles. The van der Waals surface area contributed by atoms with E-state index in [1.807, 2.05) is 33.8 Å². The minimum absolute atomic E-state index is 0.111. The zero-order valence-corrected chi connectivity index (χ0v) is 13.1. The first-order valence-corrected chi connectivity index (χ1v) is 6.71. The van der Waals surface area contributed by atoms with Gasteiger partial charge in [0.25, 0.3) is 5.91 Å². The number of rotatable bonds is 4. The smallest absolute Gasteiger partial charge is 0.258 e. The topological polar surface area (TPSA) is 55.4 Å². The first kappa shape index (κ1) is 15.7. The van der Waals surface area contributed by atoms with Crippen LogP contribution in [-0.2, 0) is 4.79 Å². The van der Waals surface area contributed by atoms with E-state index in [1.165, 1.54) is 0 Å². The van der Waals surface area contributed by atoms with Crippen molar-refractivity contribution in [3.05, 3.63) is 27.7 Å². The van der Waals surface area contributed by atoms with Gasteiger partial charge in [-0.15, -0.1) is 0 Å². The molecule has 0 aromatic heterocycles. The number of ether oxygens (including phenoxy) is 1. The molecule has 5 heteroatoms. The average Bonchev–Trinajstić information content (AvgIpc) is 2.24. The molecule has 0 fully saturated rings. The van der Waals surface area contributed by atoms with Gasteiger partial charge >= 0.3 is 0 Å². The molecule has 0 heterocycles. The van der Waals surface area contributed by atoms with Crippen molar-refractivity contribution >= 4 is 28.1 Å². The van der Waals surface area contributed by atoms with Crippen molar-refractivity contribution in [3.8, 4) is 5.75 Å². The Bertz CT molecular complexity index is 492. The SMILES string of the molecule is Cc1cc(Br)cc(C=O)c1OCC(=O)NC(C)(C)C. The van der Waals surface area contributed by atoms with Gasteiger partial charge in [-0.05, 0) is 45.4 Å². The quantitative estimate of drug-likeness (QED) is 0.865. The van der Waals surface area contributed by atoms with Crippen LogP contribution in [0.25, 0.3) is 0 Å². The van der Waals surface area contributed by atoms with Crippen molar-refractivity contribution in [2.45, 2.75) is 33.2 Å². The molecule has 0 atom stereocenters. The normalized spacial score (nSPS) is 11.0. The van der Waals surface area contributed by atoms with Gasteiger partial charge in [0.15, 0.2) is 12.9 Å². The molecule has 1 amide bonds. The van der Waals surface area contributed by atoms with Gasteiger partial charge in [-0.3, -0.25) is 9.59 Å². The number of hydrogen-bond acceptors (Lipinski definition) is 3. The van der Waals surface area contributed by atoms with Crippen LogP contribution in [0.4, 0.5) is 0 Å². The van der Waals surface area contributed by atoms with Crippen LogP contribution in [0.15, 0.2) is 16.6 Å². The molecule has 0 aliphatic heterocycles. The summed E-state index contributed by atoms with van der Waals surface area (Å²) >= 11 is 3.31. The van der Waals surface area contributed by atoms with Crippen LogP contribution in [0.1, 0.15) is 36.7 Å². The molecule has 0 radical (unpaired) electrons. The summed E-state index contributed by atoms with van der Waals surface area (Å²) in [5, 5.41) is 2.80. The largest absolute Gasteiger partial charge is 0.483 e. The van der Waals surface area contributed by atoms with E-state index < -0.39 is 0 Å². The van der Waals surface area contributed by atoms with Crippen molar-refractivity contribution in [2.75, 3.05) is 6.61 Å². The number of benzene rings is 1. The van der Waals surface area contributed by atoms with Gasteiger partial charge in [0.05, 0.1) is 5.56 Å². The summed E-state index contributed by atoms with van der Waals surface area (Å²) in [5.74, 6) is 0.230. The molecular weight excluding hydrogens is 310 g/mol. The Hall–Kier alpha value is -1.36. The number of halogens is 1. The van der Waals surface area contributed by atoms with E-state index in [-0.39, 0.29) is 18.1 Å². The molecule has 0 unspecified atom stereocenters. The predicted octanol–water partition coefficient (Wildman–Crippen LogP) is 2.86. The molecular formula is C14H18BrNO3. The highest BCUT2D eigenvalue weighted by Crippen LogP contribution is 2.26. The molecule has 0 bridgehead atoms. The number of carbonyl (C=O) groups is 2.